The van der Waals surface area contributed by atoms with Gasteiger partial charge >= 0.3 is 0 Å². The maximum Gasteiger partial charge on any atom is 0.292 e. The van der Waals surface area contributed by atoms with E-state index in [1.807, 2.05) is 41.8 Å². The van der Waals surface area contributed by atoms with E-state index in [0.29, 0.717) is 40.2 Å². The van der Waals surface area contributed by atoms with E-state index in [1.165, 1.54) is 6.33 Å². The van der Waals surface area contributed by atoms with E-state index in [2.05, 4.69) is 21.0 Å². The minimum atomic E-state index is 0.0511. The molecule has 4 heterocycles. The molecule has 1 aliphatic carbocycles. The van der Waals surface area contributed by atoms with Gasteiger partial charge in [-0.3, -0.25) is 4.79 Å². The monoisotopic (exact) mass is 492 g/mol. The van der Waals surface area contributed by atoms with Crippen LogP contribution in [0.3, 0.4) is 0 Å². The van der Waals surface area contributed by atoms with Crippen LogP contribution in [0.4, 0.5) is 11.8 Å². The summed E-state index contributed by atoms with van der Waals surface area (Å²) in [6.07, 6.45) is 4.54. The van der Waals surface area contributed by atoms with Crippen LogP contribution >= 0.6 is 0 Å². The molecule has 0 spiro atoms. The first-order valence-electron chi connectivity index (χ1n) is 12.2. The third kappa shape index (κ3) is 3.29. The van der Waals surface area contributed by atoms with Crippen molar-refractivity contribution >= 4 is 44.7 Å². The van der Waals surface area contributed by atoms with Gasteiger partial charge in [-0.15, -0.1) is 0 Å². The predicted octanol–water partition coefficient (Wildman–Crippen LogP) is 4.20. The third-order valence-corrected chi connectivity index (χ3v) is 7.36. The number of hydrogen-bond donors (Lipinski definition) is 2. The molecular weight excluding hydrogens is 468 g/mol. The molecule has 7 rings (SSSR count). The number of benzene rings is 2. The van der Waals surface area contributed by atoms with Crippen LogP contribution in [-0.4, -0.2) is 29.3 Å². The number of nitrogens with two attached hydrogens (primary N) is 2. The number of rotatable bonds is 4. The second-order valence-corrected chi connectivity index (χ2v) is 9.63. The molecule has 184 valence electrons. The first-order chi connectivity index (χ1) is 18.0. The van der Waals surface area contributed by atoms with E-state index in [-0.39, 0.29) is 17.6 Å². The van der Waals surface area contributed by atoms with Gasteiger partial charge < -0.3 is 20.5 Å². The second-order valence-electron chi connectivity index (χ2n) is 9.63. The van der Waals surface area contributed by atoms with E-state index >= 15 is 0 Å². The van der Waals surface area contributed by atoms with Gasteiger partial charge in [-0.25, -0.2) is 14.6 Å². The highest BCUT2D eigenvalue weighted by Gasteiger charge is 2.26. The largest absolute Gasteiger partial charge is 0.424 e. The Morgan fingerprint density at radius 3 is 2.76 bits per heavy atom. The van der Waals surface area contributed by atoms with E-state index in [4.69, 9.17) is 21.0 Å². The number of nitrogen functional groups attached to an aromatic ring is 2. The Kier molecular flexibility index (Phi) is 4.59. The molecule has 1 aliphatic rings. The minimum absolute atomic E-state index is 0.0511. The molecule has 4 N–H and O–H groups in total. The molecule has 0 bridgehead atoms. The van der Waals surface area contributed by atoms with Gasteiger partial charge in [-0.05, 0) is 61.4 Å². The summed E-state index contributed by atoms with van der Waals surface area (Å²) in [7, 11) is 0. The fourth-order valence-corrected chi connectivity index (χ4v) is 5.36. The van der Waals surface area contributed by atoms with Crippen molar-refractivity contribution in [3.8, 4) is 11.3 Å². The number of nitrogens with zero attached hydrogens (tertiary/aromatic N) is 6. The summed E-state index contributed by atoms with van der Waals surface area (Å²) >= 11 is 0. The molecule has 1 fully saturated rings. The smallest absolute Gasteiger partial charge is 0.292 e. The topological polar surface area (TPSA) is 144 Å². The van der Waals surface area contributed by atoms with Crippen LogP contribution in [0.2, 0.25) is 0 Å². The standard InChI is InChI=1S/C27H24N8O2/c1-14-4-2-5-15-10-18(35(17-6-3-7-17)26(36)21(14)15)12-34-25-22(24(28)30-13-31-25)23(33-34)16-8-9-20-19(11-16)32-27(29)37-20/h2,4-5,8-11,13,17H,3,6-7,12H2,1H3,(H2,29,32)(H2,28,30,31). The van der Waals surface area contributed by atoms with Crippen LogP contribution in [-0.2, 0) is 6.54 Å². The molecule has 2 aromatic carbocycles. The Morgan fingerprint density at radius 2 is 1.95 bits per heavy atom. The number of hydrogen-bond acceptors (Lipinski definition) is 8. The number of oxazole rings is 1. The van der Waals surface area contributed by atoms with Crippen molar-refractivity contribution in [2.24, 2.45) is 0 Å². The second kappa shape index (κ2) is 7.89. The lowest BCUT2D eigenvalue weighted by Crippen LogP contribution is -2.32. The van der Waals surface area contributed by atoms with Crippen molar-refractivity contribution in [2.45, 2.75) is 38.8 Å². The van der Waals surface area contributed by atoms with E-state index in [0.717, 1.165) is 46.9 Å². The summed E-state index contributed by atoms with van der Waals surface area (Å²) in [4.78, 5) is 26.7. The van der Waals surface area contributed by atoms with Crippen molar-refractivity contribution in [2.75, 3.05) is 11.5 Å². The lowest BCUT2D eigenvalue weighted by Gasteiger charge is -2.30. The van der Waals surface area contributed by atoms with Crippen LogP contribution < -0.4 is 17.0 Å². The lowest BCUT2D eigenvalue weighted by molar-refractivity contribution is 0.298. The average Bonchev–Trinajstić information content (AvgIpc) is 3.40. The summed E-state index contributed by atoms with van der Waals surface area (Å²) in [5.74, 6) is 0.330. The van der Waals surface area contributed by atoms with Crippen LogP contribution in [0.15, 0.2) is 58.0 Å². The highest BCUT2D eigenvalue weighted by atomic mass is 16.4. The van der Waals surface area contributed by atoms with Gasteiger partial charge in [0.2, 0.25) is 0 Å². The molecule has 10 nitrogen and oxygen atoms in total. The van der Waals surface area contributed by atoms with E-state index < -0.39 is 0 Å². The third-order valence-electron chi connectivity index (χ3n) is 7.36. The fourth-order valence-electron chi connectivity index (χ4n) is 5.36. The van der Waals surface area contributed by atoms with E-state index in [1.54, 1.807) is 10.7 Å². The summed E-state index contributed by atoms with van der Waals surface area (Å²) in [6, 6.07) is 13.9. The zero-order chi connectivity index (χ0) is 25.3. The molecule has 0 aliphatic heterocycles. The predicted molar refractivity (Wildman–Crippen MR) is 142 cm³/mol. The van der Waals surface area contributed by atoms with Gasteiger partial charge in [0.1, 0.15) is 23.4 Å². The SMILES string of the molecule is Cc1cccc2cc(Cn3nc(-c4ccc5oc(N)nc5c4)c4c(N)ncnc43)n(C3CCC3)c(=O)c12. The van der Waals surface area contributed by atoms with Crippen molar-refractivity contribution in [1.82, 2.24) is 29.3 Å². The summed E-state index contributed by atoms with van der Waals surface area (Å²) in [5.41, 5.74) is 17.2. The maximum absolute atomic E-state index is 13.7. The maximum atomic E-state index is 13.7. The van der Waals surface area contributed by atoms with Crippen molar-refractivity contribution < 1.29 is 4.42 Å². The number of anilines is 2. The number of aromatic nitrogens is 6. The Labute approximate surface area is 210 Å². The first kappa shape index (κ1) is 21.5. The molecule has 0 amide bonds. The van der Waals surface area contributed by atoms with Crippen LogP contribution in [0.25, 0.3) is 44.2 Å². The van der Waals surface area contributed by atoms with Crippen LogP contribution in [0.1, 0.15) is 36.6 Å². The molecule has 0 radical (unpaired) electrons. The summed E-state index contributed by atoms with van der Waals surface area (Å²) in [5, 5.41) is 7.28. The molecule has 0 unspecified atom stereocenters. The molecule has 0 atom stereocenters. The Balaban J connectivity index is 1.43. The van der Waals surface area contributed by atoms with Gasteiger partial charge in [-0.1, -0.05) is 18.2 Å². The average molecular weight is 493 g/mol. The summed E-state index contributed by atoms with van der Waals surface area (Å²) in [6.45, 7) is 2.35. The quantitative estimate of drug-likeness (QED) is 0.373. The Hall–Kier alpha value is -4.73. The highest BCUT2D eigenvalue weighted by molar-refractivity contribution is 5.99. The number of fused-ring (bicyclic) bond motifs is 3. The zero-order valence-corrected chi connectivity index (χ0v) is 20.2. The summed E-state index contributed by atoms with van der Waals surface area (Å²) < 4.78 is 9.18. The Bertz CT molecular complexity index is 1910. The first-order valence-corrected chi connectivity index (χ1v) is 12.2. The molecule has 0 saturated heterocycles. The molecule has 6 aromatic rings. The Morgan fingerprint density at radius 1 is 1.08 bits per heavy atom. The normalized spacial score (nSPS) is 14.1. The molecule has 10 heteroatoms. The molecule has 4 aromatic heterocycles. The molecule has 1 saturated carbocycles. The van der Waals surface area contributed by atoms with Crippen LogP contribution in [0.5, 0.6) is 0 Å². The zero-order valence-electron chi connectivity index (χ0n) is 20.2. The molecule has 37 heavy (non-hydrogen) atoms. The number of aryl methyl sites for hydroxylation is 1. The van der Waals surface area contributed by atoms with Gasteiger partial charge in [0.15, 0.2) is 11.2 Å². The van der Waals surface area contributed by atoms with Crippen molar-refractivity contribution in [3.05, 3.63) is 70.4 Å². The minimum Gasteiger partial charge on any atom is -0.424 e. The highest BCUT2D eigenvalue weighted by Crippen LogP contribution is 2.35. The van der Waals surface area contributed by atoms with E-state index in [9.17, 15) is 4.79 Å². The van der Waals surface area contributed by atoms with Gasteiger partial charge in [0.05, 0.1) is 17.3 Å². The van der Waals surface area contributed by atoms with Crippen molar-refractivity contribution in [1.29, 1.82) is 0 Å². The van der Waals surface area contributed by atoms with Crippen molar-refractivity contribution in [3.63, 3.8) is 0 Å². The van der Waals surface area contributed by atoms with Gasteiger partial charge in [0.25, 0.3) is 11.6 Å². The van der Waals surface area contributed by atoms with Crippen LogP contribution in [0, 0.1) is 6.92 Å². The number of pyridine rings is 1. The van der Waals surface area contributed by atoms with Gasteiger partial charge in [-0.2, -0.15) is 10.1 Å². The fraction of sp³-hybridized carbons (Fsp3) is 0.222. The van der Waals surface area contributed by atoms with Gasteiger partial charge in [0, 0.05) is 17.3 Å². The molecular formula is C27H24N8O2. The lowest BCUT2D eigenvalue weighted by atomic mass is 9.91.